The largest absolute Gasteiger partial charge is 0.322 e. The molecule has 35 heavy (non-hydrogen) atoms. The van der Waals surface area contributed by atoms with Crippen LogP contribution in [0, 0.1) is 17.5 Å². The van der Waals surface area contributed by atoms with E-state index in [1.807, 2.05) is 0 Å². The summed E-state index contributed by atoms with van der Waals surface area (Å²) in [4.78, 5) is 53.9. The van der Waals surface area contributed by atoms with Gasteiger partial charge in [-0.1, -0.05) is 0 Å². The zero-order chi connectivity index (χ0) is 25.0. The summed E-state index contributed by atoms with van der Waals surface area (Å²) in [6.45, 7) is 2.22. The second-order valence-electron chi connectivity index (χ2n) is 8.84. The van der Waals surface area contributed by atoms with E-state index in [4.69, 9.17) is 0 Å². The van der Waals surface area contributed by atoms with Gasteiger partial charge in [0.05, 0.1) is 42.8 Å². The highest BCUT2D eigenvalue weighted by Crippen LogP contribution is 2.32. The quantitative estimate of drug-likeness (QED) is 0.523. The number of halogens is 3. The van der Waals surface area contributed by atoms with Crippen molar-refractivity contribution in [2.45, 2.75) is 51.4 Å². The number of fused-ring (bicyclic) bond motifs is 1. The number of nitrogens with one attached hydrogen (secondary N) is 1. The Labute approximate surface area is 197 Å². The first kappa shape index (κ1) is 22.9. The van der Waals surface area contributed by atoms with Crippen LogP contribution >= 0.6 is 0 Å². The second-order valence-corrected chi connectivity index (χ2v) is 8.84. The molecule has 0 saturated carbocycles. The molecule has 0 spiro atoms. The van der Waals surface area contributed by atoms with Crippen molar-refractivity contribution in [2.24, 2.45) is 0 Å². The average Bonchev–Trinajstić information content (AvgIpc) is 3.47. The molecule has 3 aliphatic heterocycles. The van der Waals surface area contributed by atoms with Crippen molar-refractivity contribution in [1.82, 2.24) is 19.6 Å². The molecule has 2 fully saturated rings. The van der Waals surface area contributed by atoms with Gasteiger partial charge in [0.25, 0.3) is 0 Å². The van der Waals surface area contributed by atoms with Gasteiger partial charge in [0.15, 0.2) is 17.5 Å². The van der Waals surface area contributed by atoms with Crippen molar-refractivity contribution in [3.05, 3.63) is 41.5 Å². The van der Waals surface area contributed by atoms with E-state index >= 15 is 0 Å². The van der Waals surface area contributed by atoms with Gasteiger partial charge in [0.1, 0.15) is 0 Å². The van der Waals surface area contributed by atoms with E-state index in [9.17, 15) is 32.3 Å². The number of hydrogen-bond acceptors (Lipinski definition) is 5. The van der Waals surface area contributed by atoms with Gasteiger partial charge >= 0.3 is 6.03 Å². The SMILES string of the molecule is C[C@H]1Cn2ncc(N3CC(N4C(=O)CCC4=O)CC3=O)c2CN1C(=O)Nc1cc(F)c(F)c(F)c1. The maximum absolute atomic E-state index is 13.5. The number of likely N-dealkylation sites (tertiary alicyclic amines) is 1. The predicted octanol–water partition coefficient (Wildman–Crippen LogP) is 1.99. The molecule has 0 bridgehead atoms. The highest BCUT2D eigenvalue weighted by molar-refractivity contribution is 6.04. The Morgan fingerprint density at radius 2 is 1.69 bits per heavy atom. The summed E-state index contributed by atoms with van der Waals surface area (Å²) < 4.78 is 42.0. The number of urea groups is 1. The molecule has 1 aromatic heterocycles. The Hall–Kier alpha value is -3.90. The molecule has 1 unspecified atom stereocenters. The number of carbonyl (C=O) groups is 4. The summed E-state index contributed by atoms with van der Waals surface area (Å²) >= 11 is 0. The van der Waals surface area contributed by atoms with Crippen LogP contribution in [-0.4, -0.2) is 62.0 Å². The van der Waals surface area contributed by atoms with Crippen molar-refractivity contribution < 1.29 is 32.3 Å². The summed E-state index contributed by atoms with van der Waals surface area (Å²) in [5, 5.41) is 6.70. The molecule has 13 heteroatoms. The zero-order valence-electron chi connectivity index (χ0n) is 18.6. The van der Waals surface area contributed by atoms with Crippen LogP contribution in [0.4, 0.5) is 29.3 Å². The molecule has 2 atom stereocenters. The molecule has 0 radical (unpaired) electrons. The Morgan fingerprint density at radius 3 is 2.34 bits per heavy atom. The van der Waals surface area contributed by atoms with Gasteiger partial charge in [0, 0.05) is 43.6 Å². The Morgan fingerprint density at radius 1 is 1.03 bits per heavy atom. The summed E-state index contributed by atoms with van der Waals surface area (Å²) in [6, 6.07) is -0.215. The molecule has 5 rings (SSSR count). The van der Waals surface area contributed by atoms with E-state index in [-0.39, 0.29) is 61.8 Å². The minimum atomic E-state index is -1.63. The van der Waals surface area contributed by atoms with E-state index < -0.39 is 29.5 Å². The molecular weight excluding hydrogens is 469 g/mol. The zero-order valence-corrected chi connectivity index (χ0v) is 18.6. The van der Waals surface area contributed by atoms with Gasteiger partial charge < -0.3 is 15.1 Å². The van der Waals surface area contributed by atoms with Gasteiger partial charge in [-0.15, -0.1) is 0 Å². The second kappa shape index (κ2) is 8.40. The van der Waals surface area contributed by atoms with Gasteiger partial charge in [-0.25, -0.2) is 18.0 Å². The van der Waals surface area contributed by atoms with Crippen LogP contribution in [0.5, 0.6) is 0 Å². The highest BCUT2D eigenvalue weighted by Gasteiger charge is 2.43. The summed E-state index contributed by atoms with van der Waals surface area (Å²) in [5.74, 6) is -5.35. The predicted molar refractivity (Wildman–Crippen MR) is 114 cm³/mol. The lowest BCUT2D eigenvalue weighted by Gasteiger charge is -2.35. The van der Waals surface area contributed by atoms with Crippen LogP contribution in [0.2, 0.25) is 0 Å². The number of amides is 5. The normalized spacial score (nSPS) is 22.3. The van der Waals surface area contributed by atoms with E-state index in [1.54, 1.807) is 11.6 Å². The van der Waals surface area contributed by atoms with Crippen LogP contribution in [0.25, 0.3) is 0 Å². The molecule has 3 aliphatic rings. The van der Waals surface area contributed by atoms with Crippen LogP contribution < -0.4 is 10.2 Å². The first-order valence-electron chi connectivity index (χ1n) is 11.1. The van der Waals surface area contributed by atoms with E-state index in [0.717, 1.165) is 4.90 Å². The minimum absolute atomic E-state index is 0.00436. The number of aromatic nitrogens is 2. The third-order valence-electron chi connectivity index (χ3n) is 6.56. The smallest absolute Gasteiger partial charge is 0.314 e. The van der Waals surface area contributed by atoms with Gasteiger partial charge in [-0.05, 0) is 6.92 Å². The highest BCUT2D eigenvalue weighted by atomic mass is 19.2. The van der Waals surface area contributed by atoms with Crippen molar-refractivity contribution in [3.63, 3.8) is 0 Å². The van der Waals surface area contributed by atoms with Crippen molar-refractivity contribution in [3.8, 4) is 0 Å². The lowest BCUT2D eigenvalue weighted by Crippen LogP contribution is -2.47. The third kappa shape index (κ3) is 3.90. The fraction of sp³-hybridized carbons (Fsp3) is 0.409. The monoisotopic (exact) mass is 490 g/mol. The van der Waals surface area contributed by atoms with Gasteiger partial charge in [0.2, 0.25) is 17.7 Å². The molecule has 1 N–H and O–H groups in total. The van der Waals surface area contributed by atoms with Crippen molar-refractivity contribution in [1.29, 1.82) is 0 Å². The topological polar surface area (TPSA) is 108 Å². The number of benzene rings is 1. The molecule has 5 amide bonds. The standard InChI is InChI=1S/C22H21F3N6O4/c1-11-8-30-17(10-28(11)22(35)27-12-4-14(23)21(25)15(24)5-12)16(7-26-30)29-9-13(6-20(29)34)31-18(32)2-3-19(31)33/h4-5,7,11,13H,2-3,6,8-10H2,1H3,(H,27,35)/t11-,13?/m0/s1. The number of carbonyl (C=O) groups excluding carboxylic acids is 4. The molecular formula is C22H21F3N6O4. The summed E-state index contributed by atoms with van der Waals surface area (Å²) in [7, 11) is 0. The molecule has 10 nitrogen and oxygen atoms in total. The number of nitrogens with zero attached hydrogens (tertiary/aromatic N) is 5. The summed E-state index contributed by atoms with van der Waals surface area (Å²) in [6.07, 6.45) is 1.78. The number of anilines is 2. The third-order valence-corrected chi connectivity index (χ3v) is 6.56. The average molecular weight is 490 g/mol. The van der Waals surface area contributed by atoms with E-state index in [2.05, 4.69) is 10.4 Å². The van der Waals surface area contributed by atoms with Crippen LogP contribution in [-0.2, 0) is 27.5 Å². The number of rotatable bonds is 3. The first-order valence-corrected chi connectivity index (χ1v) is 11.1. The lowest BCUT2D eigenvalue weighted by atomic mass is 10.2. The summed E-state index contributed by atoms with van der Waals surface area (Å²) in [5.41, 5.74) is 0.776. The number of hydrogen-bond donors (Lipinski definition) is 1. The van der Waals surface area contributed by atoms with Crippen LogP contribution in [0.3, 0.4) is 0 Å². The minimum Gasteiger partial charge on any atom is -0.314 e. The molecule has 2 aromatic rings. The van der Waals surface area contributed by atoms with E-state index in [0.29, 0.717) is 30.1 Å². The van der Waals surface area contributed by atoms with Gasteiger partial charge in [-0.2, -0.15) is 5.10 Å². The Balaban J connectivity index is 1.35. The van der Waals surface area contributed by atoms with Crippen LogP contribution in [0.1, 0.15) is 31.9 Å². The van der Waals surface area contributed by atoms with Crippen LogP contribution in [0.15, 0.2) is 18.3 Å². The molecule has 1 aromatic carbocycles. The fourth-order valence-electron chi connectivity index (χ4n) is 4.80. The maximum atomic E-state index is 13.5. The molecule has 2 saturated heterocycles. The molecule has 4 heterocycles. The molecule has 184 valence electrons. The fourth-order valence-corrected chi connectivity index (χ4v) is 4.80. The Bertz CT molecular complexity index is 1220. The van der Waals surface area contributed by atoms with Crippen molar-refractivity contribution in [2.75, 3.05) is 16.8 Å². The lowest BCUT2D eigenvalue weighted by molar-refractivity contribution is -0.140. The first-order chi connectivity index (χ1) is 16.6. The maximum Gasteiger partial charge on any atom is 0.322 e. The number of imide groups is 1. The van der Waals surface area contributed by atoms with Crippen molar-refractivity contribution >= 4 is 35.1 Å². The van der Waals surface area contributed by atoms with Gasteiger partial charge in [-0.3, -0.25) is 24.0 Å². The van der Waals surface area contributed by atoms with E-state index in [1.165, 1.54) is 16.0 Å². The molecule has 0 aliphatic carbocycles. The Kier molecular flexibility index (Phi) is 5.49.